The highest BCUT2D eigenvalue weighted by Gasteiger charge is 2.39. The van der Waals surface area contributed by atoms with Gasteiger partial charge in [-0.05, 0) is 73.3 Å². The van der Waals surface area contributed by atoms with Gasteiger partial charge < -0.3 is 14.3 Å². The Labute approximate surface area is 256 Å². The van der Waals surface area contributed by atoms with Crippen molar-refractivity contribution < 1.29 is 27.5 Å². The summed E-state index contributed by atoms with van der Waals surface area (Å²) in [6.07, 6.45) is 1.81. The van der Waals surface area contributed by atoms with Crippen LogP contribution in [0.25, 0.3) is 0 Å². The SMILES string of the molecule is C[C@H](O)Cc1cccc([C@@](C)(CCCC(C)(C)CS(=O)(=O)CCO[Si](C)(C)C(C)(C)C)C(=O)OCc2ccccc2)c1. The van der Waals surface area contributed by atoms with E-state index in [1.165, 1.54) is 0 Å². The van der Waals surface area contributed by atoms with Crippen LogP contribution in [0.15, 0.2) is 54.6 Å². The summed E-state index contributed by atoms with van der Waals surface area (Å²) in [5, 5.41) is 9.95. The highest BCUT2D eigenvalue weighted by Crippen LogP contribution is 2.37. The molecule has 0 unspecified atom stereocenters. The van der Waals surface area contributed by atoms with Gasteiger partial charge in [0, 0.05) is 6.61 Å². The summed E-state index contributed by atoms with van der Waals surface area (Å²) < 4.78 is 38.1. The Morgan fingerprint density at radius 2 is 1.55 bits per heavy atom. The Morgan fingerprint density at radius 1 is 0.929 bits per heavy atom. The molecule has 42 heavy (non-hydrogen) atoms. The fourth-order valence-corrected chi connectivity index (χ4v) is 7.94. The number of hydrogen-bond acceptors (Lipinski definition) is 6. The lowest BCUT2D eigenvalue weighted by Gasteiger charge is -2.36. The molecule has 0 amide bonds. The fourth-order valence-electron chi connectivity index (χ4n) is 4.93. The van der Waals surface area contributed by atoms with Crippen molar-refractivity contribution in [2.75, 3.05) is 18.1 Å². The van der Waals surface area contributed by atoms with Gasteiger partial charge in [0.1, 0.15) is 6.61 Å². The van der Waals surface area contributed by atoms with Crippen molar-refractivity contribution in [1.82, 2.24) is 0 Å². The van der Waals surface area contributed by atoms with E-state index in [0.717, 1.165) is 16.7 Å². The molecule has 0 aliphatic carbocycles. The van der Waals surface area contributed by atoms with Crippen molar-refractivity contribution in [3.63, 3.8) is 0 Å². The molecule has 2 aromatic rings. The number of carbonyl (C=O) groups is 1. The summed E-state index contributed by atoms with van der Waals surface area (Å²) in [6, 6.07) is 17.4. The standard InChI is InChI=1S/C34H54O6SSi/c1-27(35)23-29-17-13-18-30(24-29)34(7,31(36)39-25-28-15-11-10-12-16-28)20-14-19-33(5,6)26-41(37,38)22-21-40-42(8,9)32(2,3)4/h10-13,15-18,24,27,35H,14,19-23,25-26H2,1-9H3/t27-,34+/m0/s1. The molecule has 8 heteroatoms. The van der Waals surface area contributed by atoms with Crippen molar-refractivity contribution >= 4 is 24.1 Å². The summed E-state index contributed by atoms with van der Waals surface area (Å²) in [4.78, 5) is 13.6. The first-order chi connectivity index (χ1) is 19.3. The Bertz CT molecular complexity index is 1250. The quantitative estimate of drug-likeness (QED) is 0.158. The maximum absolute atomic E-state index is 13.6. The Morgan fingerprint density at radius 3 is 2.14 bits per heavy atom. The summed E-state index contributed by atoms with van der Waals surface area (Å²) in [5.41, 5.74) is 1.33. The average Bonchev–Trinajstić information content (AvgIpc) is 2.85. The second-order valence-electron chi connectivity index (χ2n) is 14.4. The van der Waals surface area contributed by atoms with Crippen molar-refractivity contribution in [3.05, 3.63) is 71.3 Å². The van der Waals surface area contributed by atoms with Gasteiger partial charge in [-0.2, -0.15) is 0 Å². The third-order valence-corrected chi connectivity index (χ3v) is 15.1. The van der Waals surface area contributed by atoms with Gasteiger partial charge in [-0.25, -0.2) is 8.42 Å². The van der Waals surface area contributed by atoms with Gasteiger partial charge >= 0.3 is 5.97 Å². The summed E-state index contributed by atoms with van der Waals surface area (Å²) in [6.45, 7) is 18.7. The first kappa shape index (κ1) is 36.2. The highest BCUT2D eigenvalue weighted by molar-refractivity contribution is 7.91. The molecule has 0 saturated carbocycles. The maximum Gasteiger partial charge on any atom is 0.316 e. The molecule has 0 heterocycles. The first-order valence-electron chi connectivity index (χ1n) is 15.1. The molecule has 0 aliphatic heterocycles. The zero-order valence-electron chi connectivity index (χ0n) is 27.3. The van der Waals surface area contributed by atoms with Gasteiger partial charge in [0.05, 0.1) is 23.0 Å². The van der Waals surface area contributed by atoms with Gasteiger partial charge in [-0.3, -0.25) is 4.79 Å². The van der Waals surface area contributed by atoms with Gasteiger partial charge in [-0.1, -0.05) is 95.6 Å². The first-order valence-corrected chi connectivity index (χ1v) is 19.8. The zero-order valence-corrected chi connectivity index (χ0v) is 29.1. The maximum atomic E-state index is 13.6. The van der Waals surface area contributed by atoms with Gasteiger partial charge in [0.15, 0.2) is 18.2 Å². The van der Waals surface area contributed by atoms with E-state index in [4.69, 9.17) is 9.16 Å². The van der Waals surface area contributed by atoms with Gasteiger partial charge in [-0.15, -0.1) is 0 Å². The minimum absolute atomic E-state index is 0.0164. The molecule has 0 spiro atoms. The van der Waals surface area contributed by atoms with Crippen LogP contribution >= 0.6 is 0 Å². The van der Waals surface area contributed by atoms with E-state index in [2.05, 4.69) is 33.9 Å². The molecule has 6 nitrogen and oxygen atoms in total. The molecule has 0 fully saturated rings. The van der Waals surface area contributed by atoms with Crippen LogP contribution in [-0.2, 0) is 42.2 Å². The number of sulfone groups is 1. The van der Waals surface area contributed by atoms with Crippen LogP contribution in [0.3, 0.4) is 0 Å². The van der Waals surface area contributed by atoms with E-state index >= 15 is 0 Å². The van der Waals surface area contributed by atoms with Gasteiger partial charge in [0.2, 0.25) is 0 Å². The molecule has 0 saturated heterocycles. The summed E-state index contributed by atoms with van der Waals surface area (Å²) in [5.74, 6) is -0.226. The van der Waals surface area contributed by atoms with E-state index in [9.17, 15) is 18.3 Å². The smallest absolute Gasteiger partial charge is 0.316 e. The number of hydrogen-bond donors (Lipinski definition) is 1. The number of ether oxygens (including phenoxy) is 1. The Kier molecular flexibility index (Phi) is 12.6. The number of aliphatic hydroxyl groups excluding tert-OH is 1. The number of carbonyl (C=O) groups excluding carboxylic acids is 1. The predicted octanol–water partition coefficient (Wildman–Crippen LogP) is 7.24. The molecule has 0 aliphatic rings. The summed E-state index contributed by atoms with van der Waals surface area (Å²) in [7, 11) is -5.33. The lowest BCUT2D eigenvalue weighted by atomic mass is 9.75. The fraction of sp³-hybridized carbons (Fsp3) is 0.618. The molecule has 1 N–H and O–H groups in total. The molecular weight excluding hydrogens is 565 g/mol. The molecule has 236 valence electrons. The zero-order chi connectivity index (χ0) is 31.8. The van der Waals surface area contributed by atoms with E-state index in [1.54, 1.807) is 6.92 Å². The van der Waals surface area contributed by atoms with Crippen LogP contribution in [0, 0.1) is 5.41 Å². The average molecular weight is 619 g/mol. The van der Waals surface area contributed by atoms with Crippen LogP contribution in [0.4, 0.5) is 0 Å². The highest BCUT2D eigenvalue weighted by atomic mass is 32.2. The number of rotatable bonds is 16. The van der Waals surface area contributed by atoms with Crippen LogP contribution in [-0.4, -0.2) is 52.0 Å². The van der Waals surface area contributed by atoms with Crippen molar-refractivity contribution in [1.29, 1.82) is 0 Å². The van der Waals surface area contributed by atoms with Crippen LogP contribution < -0.4 is 0 Å². The predicted molar refractivity (Wildman–Crippen MR) is 175 cm³/mol. The molecule has 0 radical (unpaired) electrons. The van der Waals surface area contributed by atoms with Gasteiger partial charge in [0.25, 0.3) is 0 Å². The van der Waals surface area contributed by atoms with E-state index in [0.29, 0.717) is 25.7 Å². The normalized spacial score (nSPS) is 15.2. The third-order valence-electron chi connectivity index (χ3n) is 8.56. The second kappa shape index (κ2) is 14.6. The minimum atomic E-state index is -3.32. The van der Waals surface area contributed by atoms with Crippen molar-refractivity contribution in [3.8, 4) is 0 Å². The lowest BCUT2D eigenvalue weighted by Crippen LogP contribution is -2.42. The molecule has 0 aromatic heterocycles. The number of benzene rings is 2. The largest absolute Gasteiger partial charge is 0.460 e. The Hall–Kier alpha value is -2.00. The van der Waals surface area contributed by atoms with Crippen LogP contribution in [0.2, 0.25) is 18.1 Å². The van der Waals surface area contributed by atoms with E-state index in [1.807, 2.05) is 75.4 Å². The second-order valence-corrected chi connectivity index (χ2v) is 21.4. The van der Waals surface area contributed by atoms with E-state index < -0.39 is 35.1 Å². The molecular formula is C34H54O6SSi. The van der Waals surface area contributed by atoms with Crippen LogP contribution in [0.1, 0.15) is 84.4 Å². The monoisotopic (exact) mass is 618 g/mol. The summed E-state index contributed by atoms with van der Waals surface area (Å²) >= 11 is 0. The molecule has 2 aromatic carbocycles. The number of aliphatic hydroxyl groups is 1. The lowest BCUT2D eigenvalue weighted by molar-refractivity contribution is -0.151. The number of esters is 1. The van der Waals surface area contributed by atoms with Crippen LogP contribution in [0.5, 0.6) is 0 Å². The molecule has 2 rings (SSSR count). The molecule has 2 atom stereocenters. The molecule has 0 bridgehead atoms. The third kappa shape index (κ3) is 11.2. The van der Waals surface area contributed by atoms with Crippen molar-refractivity contribution in [2.45, 2.75) is 110 Å². The Balaban J connectivity index is 2.12. The minimum Gasteiger partial charge on any atom is -0.460 e. The van der Waals surface area contributed by atoms with Crippen molar-refractivity contribution in [2.24, 2.45) is 5.41 Å². The topological polar surface area (TPSA) is 89.9 Å². The van der Waals surface area contributed by atoms with E-state index in [-0.39, 0.29) is 35.7 Å².